The number of allylic oxidation sites excluding steroid dienone is 2. The topological polar surface area (TPSA) is 64.1 Å². The van der Waals surface area contributed by atoms with Gasteiger partial charge in [-0.05, 0) is 56.7 Å². The van der Waals surface area contributed by atoms with E-state index in [1.165, 1.54) is 23.0 Å². The van der Waals surface area contributed by atoms with Crippen LogP contribution in [-0.2, 0) is 14.9 Å². The minimum atomic E-state index is -0.519. The number of carbonyl (C=O) groups excluding carboxylic acids is 1. The largest absolute Gasteiger partial charge is 0.460 e. The van der Waals surface area contributed by atoms with Crippen LogP contribution in [0.15, 0.2) is 72.8 Å². The van der Waals surface area contributed by atoms with E-state index in [1.54, 1.807) is 12.1 Å². The number of hydrogen-bond donors (Lipinski definition) is 1. The Balaban J connectivity index is 1.31. The lowest BCUT2D eigenvalue weighted by Crippen LogP contribution is -2.25. The van der Waals surface area contributed by atoms with E-state index in [2.05, 4.69) is 34.6 Å². The minimum absolute atomic E-state index is 0.200. The number of carbonyl (C=O) groups is 1. The fourth-order valence-corrected chi connectivity index (χ4v) is 4.94. The van der Waals surface area contributed by atoms with Gasteiger partial charge in [0.05, 0.1) is 17.5 Å². The van der Waals surface area contributed by atoms with E-state index < -0.39 is 5.60 Å². The summed E-state index contributed by atoms with van der Waals surface area (Å²) in [5.74, 6) is -0.671. The molecule has 7 heteroatoms. The van der Waals surface area contributed by atoms with Crippen LogP contribution in [-0.4, -0.2) is 28.1 Å². The van der Waals surface area contributed by atoms with E-state index in [-0.39, 0.29) is 23.6 Å². The number of hydrogen-bond acceptors (Lipinski definition) is 6. The molecule has 4 aromatic rings. The molecule has 5 rings (SSSR count). The van der Waals surface area contributed by atoms with Gasteiger partial charge in [0.15, 0.2) is 0 Å². The second-order valence-electron chi connectivity index (χ2n) is 9.57. The van der Waals surface area contributed by atoms with Crippen LogP contribution in [0.4, 0.5) is 10.1 Å². The summed E-state index contributed by atoms with van der Waals surface area (Å²) in [5.41, 5.74) is 3.10. The highest BCUT2D eigenvalue weighted by molar-refractivity contribution is 7.21. The van der Waals surface area contributed by atoms with Crippen LogP contribution in [0.3, 0.4) is 0 Å². The number of nitrogens with one attached hydrogen (secondary N) is 1. The number of aromatic nitrogens is 2. The molecule has 1 N–H and O–H groups in total. The third kappa shape index (κ3) is 4.95. The maximum Gasteiger partial charge on any atom is 0.308 e. The average molecular weight is 488 g/mol. The molecule has 178 valence electrons. The maximum atomic E-state index is 15.0. The summed E-state index contributed by atoms with van der Waals surface area (Å²) in [6.07, 6.45) is 4.49. The number of nitrogens with zero attached hydrogens (tertiary/aromatic N) is 2. The predicted octanol–water partition coefficient (Wildman–Crippen LogP) is 6.50. The van der Waals surface area contributed by atoms with Gasteiger partial charge in [-0.1, -0.05) is 53.8 Å². The summed E-state index contributed by atoms with van der Waals surface area (Å²) in [6.45, 7) is 5.84. The first kappa shape index (κ1) is 23.2. The molecule has 1 aliphatic carbocycles. The van der Waals surface area contributed by atoms with E-state index in [0.717, 1.165) is 16.0 Å². The molecular weight excluding hydrogens is 461 g/mol. The summed E-state index contributed by atoms with van der Waals surface area (Å²) in [4.78, 5) is 22.1. The average Bonchev–Trinajstić information content (AvgIpc) is 3.51. The molecule has 2 heterocycles. The molecule has 1 aliphatic rings. The van der Waals surface area contributed by atoms with Gasteiger partial charge in [0.2, 0.25) is 0 Å². The second kappa shape index (κ2) is 8.89. The molecule has 0 saturated heterocycles. The number of rotatable bonds is 7. The van der Waals surface area contributed by atoms with Gasteiger partial charge in [0.25, 0.3) is 0 Å². The quantitative estimate of drug-likeness (QED) is 0.238. The molecule has 2 aromatic carbocycles. The van der Waals surface area contributed by atoms with Crippen molar-refractivity contribution in [3.05, 3.63) is 89.9 Å². The monoisotopic (exact) mass is 487 g/mol. The molecular formula is C28H26FN3O2S. The Hall–Kier alpha value is -3.58. The van der Waals surface area contributed by atoms with E-state index in [4.69, 9.17) is 9.72 Å². The molecule has 5 nitrogen and oxygen atoms in total. The number of thiazole rings is 1. The zero-order chi connectivity index (χ0) is 24.6. The first-order chi connectivity index (χ1) is 16.7. The van der Waals surface area contributed by atoms with Crippen molar-refractivity contribution in [1.82, 2.24) is 9.97 Å². The van der Waals surface area contributed by atoms with Crippen LogP contribution < -0.4 is 5.32 Å². The van der Waals surface area contributed by atoms with Gasteiger partial charge >= 0.3 is 5.97 Å². The van der Waals surface area contributed by atoms with Crippen molar-refractivity contribution in [3.63, 3.8) is 0 Å². The van der Waals surface area contributed by atoms with Gasteiger partial charge < -0.3 is 10.1 Å². The molecule has 0 spiro atoms. The minimum Gasteiger partial charge on any atom is -0.460 e. The summed E-state index contributed by atoms with van der Waals surface area (Å²) >= 11 is 1.38. The normalized spacial score (nSPS) is 14.2. The number of esters is 1. The number of benzene rings is 2. The molecule has 0 aliphatic heterocycles. The van der Waals surface area contributed by atoms with Crippen LogP contribution in [0.1, 0.15) is 38.4 Å². The van der Waals surface area contributed by atoms with Gasteiger partial charge in [-0.2, -0.15) is 0 Å². The summed E-state index contributed by atoms with van der Waals surface area (Å²) in [6, 6.07) is 19.1. The van der Waals surface area contributed by atoms with Gasteiger partial charge in [0.1, 0.15) is 26.8 Å². The number of halogens is 1. The van der Waals surface area contributed by atoms with Crippen LogP contribution in [0.25, 0.3) is 20.9 Å². The molecule has 0 atom stereocenters. The zero-order valence-electron chi connectivity index (χ0n) is 19.8. The van der Waals surface area contributed by atoms with Crippen molar-refractivity contribution in [2.24, 2.45) is 0 Å². The molecule has 0 fully saturated rings. The van der Waals surface area contributed by atoms with Crippen LogP contribution in [0.5, 0.6) is 0 Å². The Morgan fingerprint density at radius 3 is 2.51 bits per heavy atom. The summed E-state index contributed by atoms with van der Waals surface area (Å²) in [7, 11) is 0. The SMILES string of the molecule is CC(C)(C)OC(=O)CCNc1ccc(-c2nc3ccc(C4(c5ccccc5)C=C4)nc3s2)c(F)c1. The highest BCUT2D eigenvalue weighted by Crippen LogP contribution is 2.45. The Morgan fingerprint density at radius 1 is 1.06 bits per heavy atom. The Morgan fingerprint density at radius 2 is 1.83 bits per heavy atom. The third-order valence-electron chi connectivity index (χ3n) is 5.71. The van der Waals surface area contributed by atoms with Crippen LogP contribution >= 0.6 is 11.3 Å². The van der Waals surface area contributed by atoms with Gasteiger partial charge in [-0.3, -0.25) is 4.79 Å². The molecule has 0 amide bonds. The van der Waals surface area contributed by atoms with Gasteiger partial charge in [-0.15, -0.1) is 0 Å². The van der Waals surface area contributed by atoms with Crippen molar-refractivity contribution in [3.8, 4) is 10.6 Å². The Labute approximate surface area is 207 Å². The smallest absolute Gasteiger partial charge is 0.308 e. The summed E-state index contributed by atoms with van der Waals surface area (Å²) in [5, 5.41) is 3.66. The molecule has 0 radical (unpaired) electrons. The van der Waals surface area contributed by atoms with E-state index in [0.29, 0.717) is 22.8 Å². The third-order valence-corrected chi connectivity index (χ3v) is 6.71. The fourth-order valence-electron chi connectivity index (χ4n) is 3.97. The Kier molecular flexibility index (Phi) is 5.89. The molecule has 35 heavy (non-hydrogen) atoms. The first-order valence-corrected chi connectivity index (χ1v) is 12.3. The summed E-state index contributed by atoms with van der Waals surface area (Å²) < 4.78 is 20.3. The maximum absolute atomic E-state index is 15.0. The van der Waals surface area contributed by atoms with E-state index >= 15 is 0 Å². The molecule has 0 saturated carbocycles. The van der Waals surface area contributed by atoms with Crippen molar-refractivity contribution in [1.29, 1.82) is 0 Å². The number of pyridine rings is 1. The second-order valence-corrected chi connectivity index (χ2v) is 10.5. The van der Waals surface area contributed by atoms with E-state index in [9.17, 15) is 9.18 Å². The first-order valence-electron chi connectivity index (χ1n) is 11.5. The standard InChI is InChI=1S/C28H26FN3O2S/c1-27(2,3)34-24(33)13-16-30-19-9-10-20(21(29)17-19)25-31-22-11-12-23(32-26(22)35-25)28(14-15-28)18-7-5-4-6-8-18/h4-12,14-15,17,30H,13,16H2,1-3H3. The van der Waals surface area contributed by atoms with E-state index in [1.807, 2.05) is 51.1 Å². The predicted molar refractivity (Wildman–Crippen MR) is 138 cm³/mol. The van der Waals surface area contributed by atoms with Crippen molar-refractivity contribution < 1.29 is 13.9 Å². The van der Waals surface area contributed by atoms with Crippen molar-refractivity contribution in [2.75, 3.05) is 11.9 Å². The number of fused-ring (bicyclic) bond motifs is 1. The lowest BCUT2D eigenvalue weighted by Gasteiger charge is -2.19. The lowest BCUT2D eigenvalue weighted by molar-refractivity contribution is -0.154. The molecule has 0 bridgehead atoms. The molecule has 0 unspecified atom stereocenters. The molecule has 2 aromatic heterocycles. The van der Waals surface area contributed by atoms with Crippen molar-refractivity contribution in [2.45, 2.75) is 38.2 Å². The number of anilines is 1. The fraction of sp³-hybridized carbons (Fsp3) is 0.250. The highest BCUT2D eigenvalue weighted by atomic mass is 32.1. The Bertz CT molecular complexity index is 1420. The van der Waals surface area contributed by atoms with Crippen LogP contribution in [0, 0.1) is 5.82 Å². The van der Waals surface area contributed by atoms with Gasteiger partial charge in [0, 0.05) is 17.8 Å². The van der Waals surface area contributed by atoms with Gasteiger partial charge in [-0.25, -0.2) is 14.4 Å². The van der Waals surface area contributed by atoms with Crippen molar-refractivity contribution >= 4 is 33.3 Å². The highest BCUT2D eigenvalue weighted by Gasteiger charge is 2.39. The zero-order valence-corrected chi connectivity index (χ0v) is 20.7. The number of ether oxygens (including phenoxy) is 1. The lowest BCUT2D eigenvalue weighted by atomic mass is 9.89. The van der Waals surface area contributed by atoms with Crippen LogP contribution in [0.2, 0.25) is 0 Å².